The number of carbonyl (C=O) groups excluding carboxylic acids is 1. The van der Waals surface area contributed by atoms with Gasteiger partial charge in [-0.15, -0.1) is 0 Å². The van der Waals surface area contributed by atoms with Crippen LogP contribution in [0.3, 0.4) is 0 Å². The molecule has 0 aliphatic rings. The second-order valence-corrected chi connectivity index (χ2v) is 6.60. The van der Waals surface area contributed by atoms with Crippen LogP contribution < -0.4 is 20.1 Å². The Bertz CT molecular complexity index is 957. The van der Waals surface area contributed by atoms with Crippen molar-refractivity contribution in [1.82, 2.24) is 9.78 Å². The molecule has 7 nitrogen and oxygen atoms in total. The highest BCUT2D eigenvalue weighted by atomic mass is 35.5. The number of halogens is 1. The van der Waals surface area contributed by atoms with E-state index < -0.39 is 0 Å². The summed E-state index contributed by atoms with van der Waals surface area (Å²) in [5.74, 6) is 1.43. The Morgan fingerprint density at radius 3 is 2.41 bits per heavy atom. The molecule has 0 aliphatic carbocycles. The number of amides is 2. The lowest BCUT2D eigenvalue weighted by molar-refractivity contribution is 0.262. The molecule has 0 saturated heterocycles. The maximum absolute atomic E-state index is 12.1. The van der Waals surface area contributed by atoms with Crippen molar-refractivity contribution in [3.8, 4) is 11.5 Å². The standard InChI is InChI=1S/C21H23ClN4O3/c1-3-28-19-10-5-15(11-20(19)29-4-2)13-26-14-18(12-23-26)25-21(27)24-17-8-6-16(22)7-9-17/h5-12,14H,3-4,13H2,1-2H3,(H2,24,25,27). The van der Waals surface area contributed by atoms with Crippen LogP contribution in [0.1, 0.15) is 19.4 Å². The van der Waals surface area contributed by atoms with Crippen molar-refractivity contribution in [2.75, 3.05) is 23.8 Å². The number of carbonyl (C=O) groups is 1. The number of anilines is 2. The van der Waals surface area contributed by atoms with Crippen molar-refractivity contribution in [3.05, 3.63) is 65.4 Å². The van der Waals surface area contributed by atoms with Crippen LogP contribution in [0, 0.1) is 0 Å². The normalized spacial score (nSPS) is 10.4. The van der Waals surface area contributed by atoms with Gasteiger partial charge in [0.2, 0.25) is 0 Å². The molecular weight excluding hydrogens is 392 g/mol. The summed E-state index contributed by atoms with van der Waals surface area (Å²) in [7, 11) is 0. The summed E-state index contributed by atoms with van der Waals surface area (Å²) < 4.78 is 13.0. The average Bonchev–Trinajstić information content (AvgIpc) is 3.12. The van der Waals surface area contributed by atoms with E-state index in [0.717, 1.165) is 11.3 Å². The number of urea groups is 1. The highest BCUT2D eigenvalue weighted by molar-refractivity contribution is 6.30. The molecule has 0 atom stereocenters. The van der Waals surface area contributed by atoms with Crippen LogP contribution in [0.25, 0.3) is 0 Å². The molecule has 2 aromatic carbocycles. The zero-order valence-electron chi connectivity index (χ0n) is 16.3. The van der Waals surface area contributed by atoms with Gasteiger partial charge in [-0.1, -0.05) is 17.7 Å². The van der Waals surface area contributed by atoms with Gasteiger partial charge in [-0.3, -0.25) is 4.68 Å². The minimum Gasteiger partial charge on any atom is -0.490 e. The first-order chi connectivity index (χ1) is 14.1. The van der Waals surface area contributed by atoms with Crippen molar-refractivity contribution in [2.45, 2.75) is 20.4 Å². The molecule has 1 heterocycles. The van der Waals surface area contributed by atoms with Gasteiger partial charge < -0.3 is 20.1 Å². The SMILES string of the molecule is CCOc1ccc(Cn2cc(NC(=O)Nc3ccc(Cl)cc3)cn2)cc1OCC. The second kappa shape index (κ2) is 9.84. The number of nitrogens with one attached hydrogen (secondary N) is 2. The van der Waals surface area contributed by atoms with Crippen molar-refractivity contribution in [1.29, 1.82) is 0 Å². The largest absolute Gasteiger partial charge is 0.490 e. The van der Waals surface area contributed by atoms with Gasteiger partial charge in [-0.25, -0.2) is 4.79 Å². The Morgan fingerprint density at radius 2 is 1.69 bits per heavy atom. The Hall–Kier alpha value is -3.19. The van der Waals surface area contributed by atoms with Crippen molar-refractivity contribution < 1.29 is 14.3 Å². The van der Waals surface area contributed by atoms with E-state index in [-0.39, 0.29) is 6.03 Å². The fourth-order valence-electron chi connectivity index (χ4n) is 2.72. The van der Waals surface area contributed by atoms with Crippen LogP contribution in [-0.4, -0.2) is 29.0 Å². The topological polar surface area (TPSA) is 77.4 Å². The van der Waals surface area contributed by atoms with Gasteiger partial charge in [0.1, 0.15) is 0 Å². The highest BCUT2D eigenvalue weighted by Crippen LogP contribution is 2.29. The summed E-state index contributed by atoms with van der Waals surface area (Å²) in [5, 5.41) is 10.4. The Labute approximate surface area is 174 Å². The van der Waals surface area contributed by atoms with Crippen molar-refractivity contribution in [3.63, 3.8) is 0 Å². The molecule has 3 aromatic rings. The number of hydrogen-bond donors (Lipinski definition) is 2. The molecular formula is C21H23ClN4O3. The maximum atomic E-state index is 12.1. The van der Waals surface area contributed by atoms with Crippen LogP contribution in [0.15, 0.2) is 54.9 Å². The monoisotopic (exact) mass is 414 g/mol. The van der Waals surface area contributed by atoms with Gasteiger partial charge in [0.25, 0.3) is 0 Å². The van der Waals surface area contributed by atoms with Gasteiger partial charge >= 0.3 is 6.03 Å². The highest BCUT2D eigenvalue weighted by Gasteiger charge is 2.09. The molecule has 0 saturated carbocycles. The number of hydrogen-bond acceptors (Lipinski definition) is 4. The number of rotatable bonds is 8. The molecule has 0 aliphatic heterocycles. The minimum atomic E-state index is -0.355. The number of nitrogens with zero attached hydrogens (tertiary/aromatic N) is 2. The molecule has 2 N–H and O–H groups in total. The van der Waals surface area contributed by atoms with Crippen LogP contribution in [0.5, 0.6) is 11.5 Å². The predicted octanol–water partition coefficient (Wildman–Crippen LogP) is 5.03. The summed E-state index contributed by atoms with van der Waals surface area (Å²) in [6.07, 6.45) is 3.36. The summed E-state index contributed by atoms with van der Waals surface area (Å²) >= 11 is 5.84. The first kappa shape index (κ1) is 20.5. The van der Waals surface area contributed by atoms with E-state index >= 15 is 0 Å². The molecule has 0 fully saturated rings. The zero-order valence-corrected chi connectivity index (χ0v) is 17.1. The van der Waals surface area contributed by atoms with Gasteiger partial charge in [0.15, 0.2) is 11.5 Å². The van der Waals surface area contributed by atoms with Crippen LogP contribution >= 0.6 is 11.6 Å². The van der Waals surface area contributed by atoms with Gasteiger partial charge in [-0.2, -0.15) is 5.10 Å². The van der Waals surface area contributed by atoms with Crippen molar-refractivity contribution >= 4 is 29.0 Å². The van der Waals surface area contributed by atoms with E-state index in [9.17, 15) is 4.79 Å². The molecule has 29 heavy (non-hydrogen) atoms. The molecule has 0 bridgehead atoms. The molecule has 2 amide bonds. The third-order valence-electron chi connectivity index (χ3n) is 3.95. The predicted molar refractivity (Wildman–Crippen MR) is 114 cm³/mol. The molecule has 1 aromatic heterocycles. The maximum Gasteiger partial charge on any atom is 0.323 e. The summed E-state index contributed by atoms with van der Waals surface area (Å²) in [4.78, 5) is 12.1. The fourth-order valence-corrected chi connectivity index (χ4v) is 2.85. The molecule has 152 valence electrons. The molecule has 0 unspecified atom stereocenters. The third kappa shape index (κ3) is 5.89. The van der Waals surface area contributed by atoms with Crippen LogP contribution in [-0.2, 0) is 6.54 Å². The average molecular weight is 415 g/mol. The lowest BCUT2D eigenvalue weighted by Crippen LogP contribution is -2.19. The smallest absolute Gasteiger partial charge is 0.323 e. The quantitative estimate of drug-likeness (QED) is 0.542. The van der Waals surface area contributed by atoms with Gasteiger partial charge in [-0.05, 0) is 55.8 Å². The number of benzene rings is 2. The second-order valence-electron chi connectivity index (χ2n) is 6.16. The fraction of sp³-hybridized carbons (Fsp3) is 0.238. The Balaban J connectivity index is 1.61. The van der Waals surface area contributed by atoms with Crippen LogP contribution in [0.2, 0.25) is 5.02 Å². The van der Waals surface area contributed by atoms with E-state index in [1.54, 1.807) is 41.3 Å². The minimum absolute atomic E-state index is 0.355. The summed E-state index contributed by atoms with van der Waals surface area (Å²) in [6.45, 7) is 5.54. The van der Waals surface area contributed by atoms with Crippen molar-refractivity contribution in [2.24, 2.45) is 0 Å². The van der Waals surface area contributed by atoms with E-state index in [1.165, 1.54) is 0 Å². The number of ether oxygens (including phenoxy) is 2. The molecule has 8 heteroatoms. The van der Waals surface area contributed by atoms with E-state index in [1.807, 2.05) is 32.0 Å². The first-order valence-corrected chi connectivity index (χ1v) is 9.69. The summed E-state index contributed by atoms with van der Waals surface area (Å²) in [6, 6.07) is 12.3. The third-order valence-corrected chi connectivity index (χ3v) is 4.20. The van der Waals surface area contributed by atoms with Gasteiger partial charge in [0.05, 0.1) is 31.6 Å². The van der Waals surface area contributed by atoms with Crippen LogP contribution in [0.4, 0.5) is 16.2 Å². The van der Waals surface area contributed by atoms with E-state index in [4.69, 9.17) is 21.1 Å². The molecule has 0 spiro atoms. The summed E-state index contributed by atoms with van der Waals surface area (Å²) in [5.41, 5.74) is 2.25. The molecule has 3 rings (SSSR count). The number of aromatic nitrogens is 2. The molecule has 0 radical (unpaired) electrons. The van der Waals surface area contributed by atoms with E-state index in [2.05, 4.69) is 15.7 Å². The zero-order chi connectivity index (χ0) is 20.6. The lowest BCUT2D eigenvalue weighted by atomic mass is 10.2. The Kier molecular flexibility index (Phi) is 6.97. The van der Waals surface area contributed by atoms with Gasteiger partial charge in [0, 0.05) is 16.9 Å². The lowest BCUT2D eigenvalue weighted by Gasteiger charge is -2.12. The van der Waals surface area contributed by atoms with E-state index in [0.29, 0.717) is 41.9 Å². The Morgan fingerprint density at radius 1 is 1.00 bits per heavy atom. The first-order valence-electron chi connectivity index (χ1n) is 9.32.